The van der Waals surface area contributed by atoms with Crippen molar-refractivity contribution in [2.75, 3.05) is 27.7 Å². The maximum Gasteiger partial charge on any atom is 0.323 e. The topological polar surface area (TPSA) is 78.5 Å². The highest BCUT2D eigenvalue weighted by atomic mass is 32.2. The van der Waals surface area contributed by atoms with Crippen molar-refractivity contribution >= 4 is 33.1 Å². The van der Waals surface area contributed by atoms with Gasteiger partial charge in [-0.15, -0.1) is 0 Å². The number of hydrogen-bond donors (Lipinski definition) is 2. The van der Waals surface area contributed by atoms with Crippen LogP contribution in [-0.2, 0) is 16.4 Å². The Labute approximate surface area is 147 Å². The first-order chi connectivity index (χ1) is 11.7. The number of carbonyl (C=O) groups excluding carboxylic acids is 1. The molecule has 1 heterocycles. The summed E-state index contributed by atoms with van der Waals surface area (Å²) in [6.45, 7) is 4.45. The van der Waals surface area contributed by atoms with Gasteiger partial charge in [-0.05, 0) is 67.3 Å². The zero-order valence-electron chi connectivity index (χ0n) is 14.5. The van der Waals surface area contributed by atoms with E-state index in [1.807, 2.05) is 38.1 Å². The summed E-state index contributed by atoms with van der Waals surface area (Å²) in [7, 11) is -3.27. The van der Waals surface area contributed by atoms with Gasteiger partial charge in [0.25, 0.3) is 0 Å². The van der Waals surface area contributed by atoms with Crippen LogP contribution in [0.4, 0.5) is 21.9 Å². The number of amides is 2. The van der Waals surface area contributed by atoms with Crippen LogP contribution < -0.4 is 14.9 Å². The van der Waals surface area contributed by atoms with Gasteiger partial charge in [-0.1, -0.05) is 6.07 Å². The van der Waals surface area contributed by atoms with Crippen molar-refractivity contribution in [3.8, 4) is 0 Å². The van der Waals surface area contributed by atoms with Crippen LogP contribution in [0.1, 0.15) is 16.7 Å². The molecular formula is C18H21N3O3S. The van der Waals surface area contributed by atoms with Crippen molar-refractivity contribution in [1.82, 2.24) is 0 Å². The van der Waals surface area contributed by atoms with Gasteiger partial charge < -0.3 is 10.6 Å². The van der Waals surface area contributed by atoms with Gasteiger partial charge in [0.2, 0.25) is 10.0 Å². The van der Waals surface area contributed by atoms with Gasteiger partial charge in [0.15, 0.2) is 0 Å². The second-order valence-electron chi connectivity index (χ2n) is 6.31. The van der Waals surface area contributed by atoms with Gasteiger partial charge >= 0.3 is 6.03 Å². The number of nitrogens with zero attached hydrogens (tertiary/aromatic N) is 1. The minimum atomic E-state index is -3.27. The molecule has 0 atom stereocenters. The Morgan fingerprint density at radius 1 is 1.00 bits per heavy atom. The van der Waals surface area contributed by atoms with Crippen molar-refractivity contribution in [2.45, 2.75) is 20.3 Å². The lowest BCUT2D eigenvalue weighted by atomic mass is 10.1. The molecule has 0 spiro atoms. The molecule has 2 amide bonds. The molecule has 3 rings (SSSR count). The first kappa shape index (κ1) is 17.3. The van der Waals surface area contributed by atoms with Gasteiger partial charge in [0, 0.05) is 17.9 Å². The number of hydrogen-bond acceptors (Lipinski definition) is 3. The van der Waals surface area contributed by atoms with Crippen LogP contribution in [0.5, 0.6) is 0 Å². The molecule has 7 heteroatoms. The largest absolute Gasteiger partial charge is 0.323 e. The molecule has 0 radical (unpaired) electrons. The quantitative estimate of drug-likeness (QED) is 0.883. The third-order valence-corrected chi connectivity index (χ3v) is 5.54. The van der Waals surface area contributed by atoms with E-state index in [0.717, 1.165) is 16.8 Å². The summed E-state index contributed by atoms with van der Waals surface area (Å²) in [5, 5.41) is 5.59. The smallest absolute Gasteiger partial charge is 0.308 e. The SMILES string of the molecule is Cc1ccc(NC(=O)Nc2ccc3c(c2)CCN3S(C)(=O)=O)cc1C. The molecule has 0 bridgehead atoms. The first-order valence-electron chi connectivity index (χ1n) is 8.00. The van der Waals surface area contributed by atoms with E-state index in [4.69, 9.17) is 0 Å². The van der Waals surface area contributed by atoms with Crippen molar-refractivity contribution in [3.05, 3.63) is 53.1 Å². The van der Waals surface area contributed by atoms with Crippen LogP contribution in [-0.4, -0.2) is 27.2 Å². The number of benzene rings is 2. The highest BCUT2D eigenvalue weighted by molar-refractivity contribution is 7.92. The van der Waals surface area contributed by atoms with Crippen LogP contribution in [0.15, 0.2) is 36.4 Å². The fourth-order valence-corrected chi connectivity index (χ4v) is 3.86. The monoisotopic (exact) mass is 359 g/mol. The highest BCUT2D eigenvalue weighted by Gasteiger charge is 2.26. The summed E-state index contributed by atoms with van der Waals surface area (Å²) in [5.74, 6) is 0. The Morgan fingerprint density at radius 2 is 1.64 bits per heavy atom. The van der Waals surface area contributed by atoms with Crippen LogP contribution >= 0.6 is 0 Å². The van der Waals surface area contributed by atoms with E-state index in [1.54, 1.807) is 12.1 Å². The first-order valence-corrected chi connectivity index (χ1v) is 9.85. The minimum Gasteiger partial charge on any atom is -0.308 e. The summed E-state index contributed by atoms with van der Waals surface area (Å²) < 4.78 is 24.9. The zero-order valence-corrected chi connectivity index (χ0v) is 15.3. The third-order valence-electron chi connectivity index (χ3n) is 4.36. The molecule has 0 aromatic heterocycles. The van der Waals surface area contributed by atoms with Crippen LogP contribution in [0.25, 0.3) is 0 Å². The van der Waals surface area contributed by atoms with Crippen molar-refractivity contribution in [2.24, 2.45) is 0 Å². The van der Waals surface area contributed by atoms with Crippen molar-refractivity contribution in [3.63, 3.8) is 0 Å². The van der Waals surface area contributed by atoms with Gasteiger partial charge in [0.1, 0.15) is 0 Å². The zero-order chi connectivity index (χ0) is 18.2. The lowest BCUT2D eigenvalue weighted by Crippen LogP contribution is -2.27. The Morgan fingerprint density at radius 3 is 2.28 bits per heavy atom. The molecule has 0 saturated carbocycles. The minimum absolute atomic E-state index is 0.332. The lowest BCUT2D eigenvalue weighted by Gasteiger charge is -2.16. The van der Waals surface area contributed by atoms with E-state index in [1.165, 1.54) is 16.1 Å². The fraction of sp³-hybridized carbons (Fsp3) is 0.278. The lowest BCUT2D eigenvalue weighted by molar-refractivity contribution is 0.262. The van der Waals surface area contributed by atoms with Gasteiger partial charge in [-0.25, -0.2) is 13.2 Å². The Bertz CT molecular complexity index is 939. The second-order valence-corrected chi connectivity index (χ2v) is 8.21. The molecule has 2 aromatic rings. The number of urea groups is 1. The molecule has 1 aliphatic heterocycles. The molecule has 0 unspecified atom stereocenters. The van der Waals surface area contributed by atoms with Crippen molar-refractivity contribution < 1.29 is 13.2 Å². The van der Waals surface area contributed by atoms with E-state index in [9.17, 15) is 13.2 Å². The van der Waals surface area contributed by atoms with E-state index < -0.39 is 10.0 Å². The summed E-state index contributed by atoms with van der Waals surface area (Å²) in [6, 6.07) is 10.7. The molecule has 2 aromatic carbocycles. The number of aryl methyl sites for hydroxylation is 2. The maximum atomic E-state index is 12.2. The molecule has 132 valence electrons. The highest BCUT2D eigenvalue weighted by Crippen LogP contribution is 2.32. The number of rotatable bonds is 3. The summed E-state index contributed by atoms with van der Waals surface area (Å²) in [6.07, 6.45) is 1.84. The summed E-state index contributed by atoms with van der Waals surface area (Å²) >= 11 is 0. The van der Waals surface area contributed by atoms with Crippen LogP contribution in [0.3, 0.4) is 0 Å². The van der Waals surface area contributed by atoms with Crippen LogP contribution in [0, 0.1) is 13.8 Å². The van der Waals surface area contributed by atoms with E-state index in [0.29, 0.717) is 24.3 Å². The molecule has 25 heavy (non-hydrogen) atoms. The predicted octanol–water partition coefficient (Wildman–Crippen LogP) is 3.27. The maximum absolute atomic E-state index is 12.2. The van der Waals surface area contributed by atoms with E-state index >= 15 is 0 Å². The number of nitrogens with one attached hydrogen (secondary N) is 2. The Hall–Kier alpha value is -2.54. The van der Waals surface area contributed by atoms with E-state index in [2.05, 4.69) is 10.6 Å². The van der Waals surface area contributed by atoms with Gasteiger partial charge in [-0.2, -0.15) is 0 Å². The fourth-order valence-electron chi connectivity index (χ4n) is 2.91. The molecule has 2 N–H and O–H groups in total. The molecule has 6 nitrogen and oxygen atoms in total. The van der Waals surface area contributed by atoms with Gasteiger partial charge in [0.05, 0.1) is 11.9 Å². The predicted molar refractivity (Wildman–Crippen MR) is 101 cm³/mol. The number of anilines is 3. The average molecular weight is 359 g/mol. The number of fused-ring (bicyclic) bond motifs is 1. The van der Waals surface area contributed by atoms with Gasteiger partial charge in [-0.3, -0.25) is 4.31 Å². The average Bonchev–Trinajstić information content (AvgIpc) is 2.94. The number of sulfonamides is 1. The number of carbonyl (C=O) groups is 1. The second kappa shape index (κ2) is 6.40. The Balaban J connectivity index is 1.71. The molecule has 0 aliphatic carbocycles. The molecule has 0 saturated heterocycles. The summed E-state index contributed by atoms with van der Waals surface area (Å²) in [4.78, 5) is 12.2. The summed E-state index contributed by atoms with van der Waals surface area (Å²) in [5.41, 5.74) is 5.23. The third kappa shape index (κ3) is 3.76. The van der Waals surface area contributed by atoms with Crippen molar-refractivity contribution in [1.29, 1.82) is 0 Å². The standard InChI is InChI=1S/C18H21N3O3S/c1-12-4-5-15(10-13(12)2)19-18(22)20-16-6-7-17-14(11-16)8-9-21(17)25(3,23)24/h4-7,10-11H,8-9H2,1-3H3,(H2,19,20,22). The molecular weight excluding hydrogens is 338 g/mol. The molecule has 0 fully saturated rings. The Kier molecular flexibility index (Phi) is 4.43. The van der Waals surface area contributed by atoms with Crippen LogP contribution in [0.2, 0.25) is 0 Å². The normalized spacial score (nSPS) is 13.5. The molecule has 1 aliphatic rings. The van der Waals surface area contributed by atoms with E-state index in [-0.39, 0.29) is 6.03 Å².